The van der Waals surface area contributed by atoms with Crippen molar-refractivity contribution in [2.45, 2.75) is 40.0 Å². The quantitative estimate of drug-likeness (QED) is 0.135. The smallest absolute Gasteiger partial charge is 0.341 e. The normalized spacial score (nSPS) is 11.4. The highest BCUT2D eigenvalue weighted by Crippen LogP contribution is 2.39. The summed E-state index contributed by atoms with van der Waals surface area (Å²) in [6.45, 7) is 7.42. The van der Waals surface area contributed by atoms with Gasteiger partial charge in [-0.1, -0.05) is 37.6 Å². The lowest BCUT2D eigenvalue weighted by atomic mass is 9.91. The zero-order valence-corrected chi connectivity index (χ0v) is 26.4. The van der Waals surface area contributed by atoms with Crippen LogP contribution in [0.3, 0.4) is 0 Å². The van der Waals surface area contributed by atoms with Gasteiger partial charge in [-0.15, -0.1) is 0 Å². The largest absolute Gasteiger partial charge is 0.494 e. The molecule has 0 atom stereocenters. The van der Waals surface area contributed by atoms with Gasteiger partial charge in [-0.2, -0.15) is 0 Å². The Morgan fingerprint density at radius 1 is 1.14 bits per heavy atom. The molecule has 1 aromatic heterocycles. The van der Waals surface area contributed by atoms with E-state index in [9.17, 15) is 14.9 Å². The molecule has 11 nitrogen and oxygen atoms in total. The van der Waals surface area contributed by atoms with Gasteiger partial charge in [0.1, 0.15) is 17.0 Å². The molecule has 0 aliphatic heterocycles. The molecule has 3 rings (SSSR count). The van der Waals surface area contributed by atoms with Crippen LogP contribution in [0.15, 0.2) is 42.6 Å². The third kappa shape index (κ3) is 7.86. The van der Waals surface area contributed by atoms with Crippen LogP contribution in [0, 0.1) is 17.0 Å². The average molecular weight is 591 g/mol. The van der Waals surface area contributed by atoms with Crippen molar-refractivity contribution in [2.24, 2.45) is 0 Å². The fourth-order valence-electron chi connectivity index (χ4n) is 4.81. The molecular formula is C32H42N6O5. The molecule has 11 heteroatoms. The Labute approximate surface area is 253 Å². The maximum Gasteiger partial charge on any atom is 0.341 e. The number of nitrogens with zero attached hydrogens (tertiary/aromatic N) is 5. The van der Waals surface area contributed by atoms with Crippen molar-refractivity contribution in [3.8, 4) is 5.75 Å². The number of nitrogens with one attached hydrogen (secondary N) is 1. The van der Waals surface area contributed by atoms with Crippen LogP contribution in [0.2, 0.25) is 0 Å². The number of ether oxygens (including phenoxy) is 2. The highest BCUT2D eigenvalue weighted by molar-refractivity contribution is 5.97. The molecule has 0 spiro atoms. The summed E-state index contributed by atoms with van der Waals surface area (Å²) >= 11 is 0. The SMILES string of the molecule is C/C=C(\c1cccc(CCCC)c1C)c1nc(Nc2cc([N+](=O)[O-])c(N(C)CCN(C)C)cc2OC)ncc1C(=O)OC. The van der Waals surface area contributed by atoms with E-state index in [1.54, 1.807) is 13.1 Å². The van der Waals surface area contributed by atoms with Gasteiger partial charge < -0.3 is 24.6 Å². The van der Waals surface area contributed by atoms with E-state index in [0.29, 0.717) is 35.9 Å². The first kappa shape index (κ1) is 33.0. The topological polar surface area (TPSA) is 123 Å². The summed E-state index contributed by atoms with van der Waals surface area (Å²) < 4.78 is 10.7. The fraction of sp³-hybridized carbons (Fsp3) is 0.406. The summed E-state index contributed by atoms with van der Waals surface area (Å²) in [5, 5.41) is 15.2. The van der Waals surface area contributed by atoms with Crippen molar-refractivity contribution in [1.29, 1.82) is 0 Å². The number of methoxy groups -OCH3 is 2. The highest BCUT2D eigenvalue weighted by atomic mass is 16.6. The molecule has 1 N–H and O–H groups in total. The van der Waals surface area contributed by atoms with Crippen LogP contribution in [-0.2, 0) is 11.2 Å². The van der Waals surface area contributed by atoms with Gasteiger partial charge >= 0.3 is 5.97 Å². The molecule has 0 saturated heterocycles. The van der Waals surface area contributed by atoms with E-state index in [0.717, 1.165) is 36.0 Å². The van der Waals surface area contributed by atoms with Crippen molar-refractivity contribution < 1.29 is 19.2 Å². The number of allylic oxidation sites excluding steroid dienone is 1. The van der Waals surface area contributed by atoms with Gasteiger partial charge in [-0.25, -0.2) is 14.8 Å². The molecule has 0 bridgehead atoms. The minimum Gasteiger partial charge on any atom is -0.494 e. The number of carbonyl (C=O) groups excluding carboxylic acids is 1. The molecule has 0 aliphatic rings. The Hall–Kier alpha value is -4.51. The van der Waals surface area contributed by atoms with Gasteiger partial charge in [0.05, 0.1) is 30.5 Å². The second kappa shape index (κ2) is 15.1. The zero-order valence-electron chi connectivity index (χ0n) is 26.4. The molecule has 0 fully saturated rings. The predicted octanol–water partition coefficient (Wildman–Crippen LogP) is 6.02. The molecule has 0 saturated carbocycles. The number of esters is 1. The van der Waals surface area contributed by atoms with E-state index in [1.807, 2.05) is 49.0 Å². The molecule has 43 heavy (non-hydrogen) atoms. The van der Waals surface area contributed by atoms with E-state index in [2.05, 4.69) is 30.2 Å². The first-order valence-corrected chi connectivity index (χ1v) is 14.3. The van der Waals surface area contributed by atoms with Crippen LogP contribution in [0.25, 0.3) is 5.57 Å². The summed E-state index contributed by atoms with van der Waals surface area (Å²) in [7, 11) is 8.50. The third-order valence-electron chi connectivity index (χ3n) is 7.31. The number of aromatic nitrogens is 2. The Kier molecular flexibility index (Phi) is 11.6. The molecule has 0 amide bonds. The minimum absolute atomic E-state index is 0.0929. The molecule has 1 heterocycles. The van der Waals surface area contributed by atoms with E-state index in [-0.39, 0.29) is 17.2 Å². The average Bonchev–Trinajstić information content (AvgIpc) is 2.99. The Morgan fingerprint density at radius 2 is 1.88 bits per heavy atom. The number of nitro benzene ring substituents is 1. The number of aryl methyl sites for hydroxylation is 1. The van der Waals surface area contributed by atoms with Crippen LogP contribution in [0.4, 0.5) is 23.0 Å². The van der Waals surface area contributed by atoms with Crippen molar-refractivity contribution >= 4 is 34.6 Å². The van der Waals surface area contributed by atoms with Crippen molar-refractivity contribution in [3.05, 3.63) is 80.7 Å². The Morgan fingerprint density at radius 3 is 2.49 bits per heavy atom. The van der Waals surface area contributed by atoms with E-state index in [1.165, 1.54) is 32.0 Å². The molecule has 0 radical (unpaired) electrons. The number of anilines is 3. The van der Waals surface area contributed by atoms with Crippen LogP contribution >= 0.6 is 0 Å². The molecule has 3 aromatic rings. The molecule has 0 unspecified atom stereocenters. The van der Waals surface area contributed by atoms with Crippen LogP contribution in [0.5, 0.6) is 5.75 Å². The lowest BCUT2D eigenvalue weighted by Crippen LogP contribution is -2.29. The number of likely N-dealkylation sites (N-methyl/N-ethyl adjacent to an activating group) is 2. The number of rotatable bonds is 14. The number of unbranched alkanes of at least 4 members (excludes halogenated alkanes) is 1. The van der Waals surface area contributed by atoms with Gasteiger partial charge in [-0.05, 0) is 57.5 Å². The number of hydrogen-bond donors (Lipinski definition) is 1. The maximum absolute atomic E-state index is 12.8. The number of carbonyl (C=O) groups is 1. The summed E-state index contributed by atoms with van der Waals surface area (Å²) in [4.78, 5) is 37.4. The first-order chi connectivity index (χ1) is 20.6. The molecule has 230 valence electrons. The number of nitro groups is 1. The summed E-state index contributed by atoms with van der Waals surface area (Å²) in [6, 6.07) is 9.18. The number of benzene rings is 2. The monoisotopic (exact) mass is 590 g/mol. The van der Waals surface area contributed by atoms with Crippen molar-refractivity contribution in [1.82, 2.24) is 14.9 Å². The van der Waals surface area contributed by atoms with Gasteiger partial charge in [0.2, 0.25) is 5.95 Å². The zero-order chi connectivity index (χ0) is 31.7. The highest BCUT2D eigenvalue weighted by Gasteiger charge is 2.24. The van der Waals surface area contributed by atoms with E-state index >= 15 is 0 Å². The maximum atomic E-state index is 12.8. The minimum atomic E-state index is -0.570. The van der Waals surface area contributed by atoms with E-state index in [4.69, 9.17) is 14.5 Å². The second-order valence-electron chi connectivity index (χ2n) is 10.5. The Balaban J connectivity index is 2.12. The Bertz CT molecular complexity index is 1490. The molecular weight excluding hydrogens is 548 g/mol. The summed E-state index contributed by atoms with van der Waals surface area (Å²) in [5.41, 5.74) is 5.28. The van der Waals surface area contributed by atoms with E-state index < -0.39 is 10.9 Å². The van der Waals surface area contributed by atoms with Crippen LogP contribution in [0.1, 0.15) is 59.4 Å². The standard InChI is InChI=1S/C32H42N6O5/c1-9-11-13-22-14-12-15-24(21(22)3)23(10-2)30-25(31(39)43-8)20-33-32(35-30)34-26-18-28(38(40)41)27(19-29(26)42-7)37(6)17-16-36(4)5/h10,12,14-15,18-20H,9,11,13,16-17H2,1-8H3,(H,33,34,35)/b23-10+. The molecule has 2 aromatic carbocycles. The van der Waals surface area contributed by atoms with Crippen molar-refractivity contribution in [2.75, 3.05) is 58.7 Å². The molecule has 0 aliphatic carbocycles. The number of hydrogen-bond acceptors (Lipinski definition) is 10. The van der Waals surface area contributed by atoms with Crippen LogP contribution in [-0.4, -0.2) is 74.2 Å². The summed E-state index contributed by atoms with van der Waals surface area (Å²) in [6.07, 6.45) is 6.42. The fourth-order valence-corrected chi connectivity index (χ4v) is 4.81. The lowest BCUT2D eigenvalue weighted by molar-refractivity contribution is -0.384. The van der Waals surface area contributed by atoms with Gasteiger partial charge in [-0.3, -0.25) is 10.1 Å². The summed E-state index contributed by atoms with van der Waals surface area (Å²) in [5.74, 6) is -0.0487. The van der Waals surface area contributed by atoms with Gasteiger partial charge in [0.25, 0.3) is 5.69 Å². The third-order valence-corrected chi connectivity index (χ3v) is 7.31. The van der Waals surface area contributed by atoms with Gasteiger partial charge in [0.15, 0.2) is 0 Å². The predicted molar refractivity (Wildman–Crippen MR) is 171 cm³/mol. The van der Waals surface area contributed by atoms with Gasteiger partial charge in [0, 0.05) is 44.0 Å². The van der Waals surface area contributed by atoms with Crippen LogP contribution < -0.4 is 15.0 Å². The first-order valence-electron chi connectivity index (χ1n) is 14.3. The van der Waals surface area contributed by atoms with Crippen molar-refractivity contribution in [3.63, 3.8) is 0 Å². The lowest BCUT2D eigenvalue weighted by Gasteiger charge is -2.23. The second-order valence-corrected chi connectivity index (χ2v) is 10.5.